The SMILES string of the molecule is COc1cc2c(C#N)cnc(N3CCNC(c4cc(F)c(Cl)cc4Cl)C3)c2cc1OC. The molecule has 0 aliphatic carbocycles. The Morgan fingerprint density at radius 1 is 1.13 bits per heavy atom. The Hall–Kier alpha value is -2.79. The molecule has 2 aromatic carbocycles. The van der Waals surface area contributed by atoms with Crippen LogP contribution in [0.2, 0.25) is 10.0 Å². The second-order valence-corrected chi connectivity index (χ2v) is 7.92. The van der Waals surface area contributed by atoms with Gasteiger partial charge in [-0.15, -0.1) is 0 Å². The lowest BCUT2D eigenvalue weighted by molar-refractivity contribution is 0.356. The molecule has 1 unspecified atom stereocenters. The van der Waals surface area contributed by atoms with Crippen molar-refractivity contribution >= 4 is 39.8 Å². The molecule has 0 amide bonds. The van der Waals surface area contributed by atoms with E-state index in [0.717, 1.165) is 10.8 Å². The molecule has 1 fully saturated rings. The van der Waals surface area contributed by atoms with Gasteiger partial charge in [-0.05, 0) is 29.8 Å². The number of methoxy groups -OCH3 is 2. The van der Waals surface area contributed by atoms with Gasteiger partial charge in [0.25, 0.3) is 0 Å². The zero-order chi connectivity index (χ0) is 22.1. The summed E-state index contributed by atoms with van der Waals surface area (Å²) in [4.78, 5) is 6.65. The Morgan fingerprint density at radius 3 is 2.52 bits per heavy atom. The van der Waals surface area contributed by atoms with Gasteiger partial charge in [-0.2, -0.15) is 5.26 Å². The number of benzene rings is 2. The van der Waals surface area contributed by atoms with E-state index >= 15 is 0 Å². The molecule has 1 atom stereocenters. The molecule has 1 aromatic heterocycles. The van der Waals surface area contributed by atoms with Crippen LogP contribution in [0, 0.1) is 17.1 Å². The fourth-order valence-electron chi connectivity index (χ4n) is 3.85. The predicted octanol–water partition coefficient (Wildman–Crippen LogP) is 4.72. The summed E-state index contributed by atoms with van der Waals surface area (Å²) in [6, 6.07) is 8.35. The summed E-state index contributed by atoms with van der Waals surface area (Å²) in [5.41, 5.74) is 1.07. The molecule has 0 radical (unpaired) electrons. The van der Waals surface area contributed by atoms with E-state index in [1.807, 2.05) is 6.07 Å². The smallest absolute Gasteiger partial charge is 0.161 e. The number of hydrogen-bond donors (Lipinski definition) is 1. The average Bonchev–Trinajstić information content (AvgIpc) is 2.79. The van der Waals surface area contributed by atoms with Crippen LogP contribution in [-0.4, -0.2) is 38.8 Å². The van der Waals surface area contributed by atoms with Gasteiger partial charge in [0.05, 0.1) is 30.8 Å². The molecule has 0 bridgehead atoms. The van der Waals surface area contributed by atoms with Crippen molar-refractivity contribution in [1.29, 1.82) is 5.26 Å². The highest BCUT2D eigenvalue weighted by atomic mass is 35.5. The first-order valence-corrected chi connectivity index (χ1v) is 10.3. The van der Waals surface area contributed by atoms with Crippen molar-refractivity contribution in [3.05, 3.63) is 57.5 Å². The van der Waals surface area contributed by atoms with Crippen LogP contribution in [0.15, 0.2) is 30.5 Å². The van der Waals surface area contributed by atoms with E-state index < -0.39 is 5.82 Å². The summed E-state index contributed by atoms with van der Waals surface area (Å²) >= 11 is 12.2. The molecule has 31 heavy (non-hydrogen) atoms. The maximum absolute atomic E-state index is 14.1. The largest absolute Gasteiger partial charge is 0.493 e. The molecule has 1 aliphatic heterocycles. The highest BCUT2D eigenvalue weighted by Crippen LogP contribution is 2.38. The van der Waals surface area contributed by atoms with Gasteiger partial charge in [0.1, 0.15) is 17.7 Å². The Kier molecular flexibility index (Phi) is 6.05. The Bertz CT molecular complexity index is 1200. The van der Waals surface area contributed by atoms with Gasteiger partial charge < -0.3 is 19.7 Å². The standard InChI is InChI=1S/C22H19Cl2FN4O2/c1-30-20-6-13-12(9-26)10-28-22(14(13)7-21(20)31-2)29-4-3-27-19(11-29)15-5-18(25)17(24)8-16(15)23/h5-8,10,19,27H,3-4,11H2,1-2H3. The maximum atomic E-state index is 14.1. The summed E-state index contributed by atoms with van der Waals surface area (Å²) in [5, 5.41) is 14.8. The molecule has 4 rings (SSSR count). The van der Waals surface area contributed by atoms with Gasteiger partial charge in [-0.25, -0.2) is 9.37 Å². The zero-order valence-corrected chi connectivity index (χ0v) is 18.4. The monoisotopic (exact) mass is 460 g/mol. The van der Waals surface area contributed by atoms with Crippen molar-refractivity contribution < 1.29 is 13.9 Å². The first-order chi connectivity index (χ1) is 15.0. The van der Waals surface area contributed by atoms with Crippen molar-refractivity contribution in [2.24, 2.45) is 0 Å². The van der Waals surface area contributed by atoms with Crippen LogP contribution >= 0.6 is 23.2 Å². The summed E-state index contributed by atoms with van der Waals surface area (Å²) in [6.07, 6.45) is 1.55. The lowest BCUT2D eigenvalue weighted by atomic mass is 10.0. The van der Waals surface area contributed by atoms with Gasteiger partial charge in [-0.1, -0.05) is 23.2 Å². The fraction of sp³-hybridized carbons (Fsp3) is 0.273. The maximum Gasteiger partial charge on any atom is 0.161 e. The van der Waals surface area contributed by atoms with Crippen molar-refractivity contribution in [2.75, 3.05) is 38.8 Å². The minimum absolute atomic E-state index is 0.0118. The first kappa shape index (κ1) is 21.4. The zero-order valence-electron chi connectivity index (χ0n) is 16.9. The molecular weight excluding hydrogens is 442 g/mol. The van der Waals surface area contributed by atoms with Crippen molar-refractivity contribution in [1.82, 2.24) is 10.3 Å². The summed E-state index contributed by atoms with van der Waals surface area (Å²) in [6.45, 7) is 1.82. The number of nitrogens with zero attached hydrogens (tertiary/aromatic N) is 3. The third-order valence-corrected chi connectivity index (χ3v) is 6.00. The van der Waals surface area contributed by atoms with E-state index in [2.05, 4.69) is 21.3 Å². The number of anilines is 1. The molecule has 2 heterocycles. The predicted molar refractivity (Wildman–Crippen MR) is 119 cm³/mol. The van der Waals surface area contributed by atoms with Gasteiger partial charge in [0, 0.05) is 41.6 Å². The summed E-state index contributed by atoms with van der Waals surface area (Å²) in [7, 11) is 3.11. The lowest BCUT2D eigenvalue weighted by Gasteiger charge is -2.35. The summed E-state index contributed by atoms with van der Waals surface area (Å²) < 4.78 is 24.9. The highest BCUT2D eigenvalue weighted by molar-refractivity contribution is 6.35. The number of fused-ring (bicyclic) bond motifs is 1. The Balaban J connectivity index is 1.78. The molecule has 9 heteroatoms. The highest BCUT2D eigenvalue weighted by Gasteiger charge is 2.26. The number of ether oxygens (including phenoxy) is 2. The third-order valence-electron chi connectivity index (χ3n) is 5.38. The van der Waals surface area contributed by atoms with E-state index in [0.29, 0.717) is 53.1 Å². The first-order valence-electron chi connectivity index (χ1n) is 9.54. The normalized spacial score (nSPS) is 16.3. The minimum Gasteiger partial charge on any atom is -0.493 e. The summed E-state index contributed by atoms with van der Waals surface area (Å²) in [5.74, 6) is 1.26. The number of halogens is 3. The molecule has 6 nitrogen and oxygen atoms in total. The van der Waals surface area contributed by atoms with Crippen LogP contribution < -0.4 is 19.7 Å². The number of nitriles is 1. The van der Waals surface area contributed by atoms with Crippen LogP contribution in [0.4, 0.5) is 10.2 Å². The quantitative estimate of drug-likeness (QED) is 0.567. The second kappa shape index (κ2) is 8.75. The van der Waals surface area contributed by atoms with Crippen LogP contribution in [0.5, 0.6) is 11.5 Å². The van der Waals surface area contributed by atoms with Crippen molar-refractivity contribution in [3.63, 3.8) is 0 Å². The van der Waals surface area contributed by atoms with Gasteiger partial charge in [0.15, 0.2) is 11.5 Å². The van der Waals surface area contributed by atoms with Crippen LogP contribution in [-0.2, 0) is 0 Å². The Labute approximate surface area is 189 Å². The van der Waals surface area contributed by atoms with E-state index in [9.17, 15) is 9.65 Å². The Morgan fingerprint density at radius 2 is 1.84 bits per heavy atom. The molecule has 3 aromatic rings. The number of rotatable bonds is 4. The molecular formula is C22H19Cl2FN4O2. The number of aromatic nitrogens is 1. The third kappa shape index (κ3) is 3.94. The topological polar surface area (TPSA) is 70.4 Å². The lowest BCUT2D eigenvalue weighted by Crippen LogP contribution is -2.46. The fourth-order valence-corrected chi connectivity index (χ4v) is 4.36. The second-order valence-electron chi connectivity index (χ2n) is 7.10. The van der Waals surface area contributed by atoms with Crippen molar-refractivity contribution in [3.8, 4) is 17.6 Å². The number of pyridine rings is 1. The van der Waals surface area contributed by atoms with Crippen molar-refractivity contribution in [2.45, 2.75) is 6.04 Å². The van der Waals surface area contributed by atoms with Crippen LogP contribution in [0.25, 0.3) is 10.8 Å². The van der Waals surface area contributed by atoms with Gasteiger partial charge >= 0.3 is 0 Å². The molecule has 0 saturated carbocycles. The molecule has 1 aliphatic rings. The molecule has 1 N–H and O–H groups in total. The molecule has 1 saturated heterocycles. The van der Waals surface area contributed by atoms with Crippen LogP contribution in [0.1, 0.15) is 17.2 Å². The minimum atomic E-state index is -0.515. The average molecular weight is 461 g/mol. The number of nitrogens with one attached hydrogen (secondary N) is 1. The van der Waals surface area contributed by atoms with E-state index in [1.165, 1.54) is 12.1 Å². The van der Waals surface area contributed by atoms with Crippen LogP contribution in [0.3, 0.4) is 0 Å². The number of piperazine rings is 1. The van der Waals surface area contributed by atoms with Gasteiger partial charge in [0.2, 0.25) is 0 Å². The van der Waals surface area contributed by atoms with E-state index in [4.69, 9.17) is 32.7 Å². The number of hydrogen-bond acceptors (Lipinski definition) is 6. The van der Waals surface area contributed by atoms with Gasteiger partial charge in [-0.3, -0.25) is 0 Å². The molecule has 0 spiro atoms. The molecule has 160 valence electrons. The van der Waals surface area contributed by atoms with E-state index in [-0.39, 0.29) is 11.1 Å². The van der Waals surface area contributed by atoms with E-state index in [1.54, 1.807) is 26.5 Å².